The SMILES string of the molecule is Nc1ccc(CC(Cl)C(=O)NCc2ccccc2)cc1. The van der Waals surface area contributed by atoms with Crippen LogP contribution in [0.25, 0.3) is 0 Å². The summed E-state index contributed by atoms with van der Waals surface area (Å²) in [5, 5.41) is 2.25. The summed E-state index contributed by atoms with van der Waals surface area (Å²) in [6, 6.07) is 17.1. The highest BCUT2D eigenvalue weighted by molar-refractivity contribution is 6.30. The third kappa shape index (κ3) is 4.28. The van der Waals surface area contributed by atoms with Crippen LogP contribution in [-0.4, -0.2) is 11.3 Å². The molecule has 1 amide bonds. The van der Waals surface area contributed by atoms with Crippen LogP contribution >= 0.6 is 11.6 Å². The first-order valence-electron chi connectivity index (χ1n) is 6.45. The maximum absolute atomic E-state index is 11.9. The van der Waals surface area contributed by atoms with Gasteiger partial charge in [0.25, 0.3) is 0 Å². The van der Waals surface area contributed by atoms with Crippen molar-refractivity contribution in [1.29, 1.82) is 0 Å². The van der Waals surface area contributed by atoms with Crippen molar-refractivity contribution < 1.29 is 4.79 Å². The molecule has 1 atom stereocenters. The van der Waals surface area contributed by atoms with Gasteiger partial charge in [-0.05, 0) is 29.7 Å². The molecule has 0 aliphatic rings. The zero-order valence-electron chi connectivity index (χ0n) is 11.1. The molecule has 2 rings (SSSR count). The Kier molecular flexibility index (Phi) is 5.02. The number of amides is 1. The normalized spacial score (nSPS) is 11.8. The van der Waals surface area contributed by atoms with E-state index in [9.17, 15) is 4.79 Å². The number of carbonyl (C=O) groups excluding carboxylic acids is 1. The average Bonchev–Trinajstić information content (AvgIpc) is 2.48. The van der Waals surface area contributed by atoms with E-state index in [-0.39, 0.29) is 5.91 Å². The van der Waals surface area contributed by atoms with Gasteiger partial charge in [-0.1, -0.05) is 42.5 Å². The standard InChI is InChI=1S/C16H17ClN2O/c17-15(10-12-6-8-14(18)9-7-12)16(20)19-11-13-4-2-1-3-5-13/h1-9,15H,10-11,18H2,(H,19,20). The van der Waals surface area contributed by atoms with Gasteiger partial charge in [-0.15, -0.1) is 11.6 Å². The number of nitrogens with one attached hydrogen (secondary N) is 1. The molecule has 0 saturated heterocycles. The number of rotatable bonds is 5. The van der Waals surface area contributed by atoms with Gasteiger partial charge in [0.1, 0.15) is 5.38 Å². The van der Waals surface area contributed by atoms with Crippen molar-refractivity contribution in [2.45, 2.75) is 18.3 Å². The quantitative estimate of drug-likeness (QED) is 0.656. The van der Waals surface area contributed by atoms with E-state index in [1.54, 1.807) is 12.1 Å². The highest BCUT2D eigenvalue weighted by Crippen LogP contribution is 2.11. The van der Waals surface area contributed by atoms with E-state index in [1.165, 1.54) is 0 Å². The number of hydrogen-bond donors (Lipinski definition) is 2. The fourth-order valence-electron chi connectivity index (χ4n) is 1.85. The van der Waals surface area contributed by atoms with Crippen molar-refractivity contribution in [3.05, 3.63) is 65.7 Å². The smallest absolute Gasteiger partial charge is 0.238 e. The summed E-state index contributed by atoms with van der Waals surface area (Å²) in [7, 11) is 0. The molecule has 0 saturated carbocycles. The van der Waals surface area contributed by atoms with Crippen molar-refractivity contribution in [3.8, 4) is 0 Å². The first kappa shape index (κ1) is 14.4. The fraction of sp³-hybridized carbons (Fsp3) is 0.188. The summed E-state index contributed by atoms with van der Waals surface area (Å²) in [6.45, 7) is 0.491. The van der Waals surface area contributed by atoms with Crippen LogP contribution in [-0.2, 0) is 17.8 Å². The third-order valence-electron chi connectivity index (χ3n) is 2.99. The van der Waals surface area contributed by atoms with Gasteiger partial charge in [-0.3, -0.25) is 4.79 Å². The van der Waals surface area contributed by atoms with Crippen LogP contribution in [0, 0.1) is 0 Å². The molecule has 0 radical (unpaired) electrons. The lowest BCUT2D eigenvalue weighted by molar-refractivity contribution is -0.120. The summed E-state index contributed by atoms with van der Waals surface area (Å²) >= 11 is 6.13. The Labute approximate surface area is 123 Å². The lowest BCUT2D eigenvalue weighted by atomic mass is 10.1. The van der Waals surface area contributed by atoms with E-state index in [4.69, 9.17) is 17.3 Å². The second-order valence-electron chi connectivity index (χ2n) is 4.62. The van der Waals surface area contributed by atoms with Gasteiger partial charge < -0.3 is 11.1 Å². The number of carbonyl (C=O) groups is 1. The van der Waals surface area contributed by atoms with E-state index >= 15 is 0 Å². The van der Waals surface area contributed by atoms with Crippen molar-refractivity contribution >= 4 is 23.2 Å². The number of alkyl halides is 1. The lowest BCUT2D eigenvalue weighted by Gasteiger charge is -2.11. The van der Waals surface area contributed by atoms with Crippen LogP contribution in [0.1, 0.15) is 11.1 Å². The Morgan fingerprint density at radius 1 is 1.05 bits per heavy atom. The maximum atomic E-state index is 11.9. The Hall–Kier alpha value is -2.00. The second kappa shape index (κ2) is 6.96. The zero-order chi connectivity index (χ0) is 14.4. The molecule has 2 aromatic rings. The summed E-state index contributed by atoms with van der Waals surface area (Å²) in [6.07, 6.45) is 0.489. The number of nitrogens with two attached hydrogens (primary N) is 1. The van der Waals surface area contributed by atoms with Gasteiger partial charge in [0.2, 0.25) is 5.91 Å². The van der Waals surface area contributed by atoms with Crippen molar-refractivity contribution in [2.75, 3.05) is 5.73 Å². The van der Waals surface area contributed by atoms with E-state index in [0.29, 0.717) is 18.7 Å². The predicted octanol–water partition coefficient (Wildman–Crippen LogP) is 2.74. The van der Waals surface area contributed by atoms with Gasteiger partial charge >= 0.3 is 0 Å². The molecule has 0 spiro atoms. The molecule has 3 nitrogen and oxygen atoms in total. The summed E-state index contributed by atoms with van der Waals surface area (Å²) in [5.41, 5.74) is 8.37. The lowest BCUT2D eigenvalue weighted by Crippen LogP contribution is -2.32. The van der Waals surface area contributed by atoms with Crippen LogP contribution < -0.4 is 11.1 Å². The van der Waals surface area contributed by atoms with E-state index < -0.39 is 5.38 Å². The minimum atomic E-state index is -0.581. The molecular formula is C16H17ClN2O. The zero-order valence-corrected chi connectivity index (χ0v) is 11.8. The minimum absolute atomic E-state index is 0.160. The number of hydrogen-bond acceptors (Lipinski definition) is 2. The van der Waals surface area contributed by atoms with Gasteiger partial charge in [-0.25, -0.2) is 0 Å². The van der Waals surface area contributed by atoms with Gasteiger partial charge in [-0.2, -0.15) is 0 Å². The molecule has 0 aromatic heterocycles. The molecule has 104 valence electrons. The number of anilines is 1. The Morgan fingerprint density at radius 3 is 2.35 bits per heavy atom. The van der Waals surface area contributed by atoms with Gasteiger partial charge in [0, 0.05) is 12.2 Å². The molecule has 0 fully saturated rings. The number of benzene rings is 2. The van der Waals surface area contributed by atoms with Gasteiger partial charge in [0.15, 0.2) is 0 Å². The van der Waals surface area contributed by atoms with Crippen molar-refractivity contribution in [1.82, 2.24) is 5.32 Å². The van der Waals surface area contributed by atoms with E-state index in [2.05, 4.69) is 5.32 Å². The molecule has 0 bridgehead atoms. The van der Waals surface area contributed by atoms with E-state index in [0.717, 1.165) is 11.1 Å². The molecular weight excluding hydrogens is 272 g/mol. The first-order valence-corrected chi connectivity index (χ1v) is 6.89. The molecule has 2 aromatic carbocycles. The molecule has 3 N–H and O–H groups in total. The van der Waals surface area contributed by atoms with Gasteiger partial charge in [0.05, 0.1) is 0 Å². The van der Waals surface area contributed by atoms with Crippen molar-refractivity contribution in [3.63, 3.8) is 0 Å². The first-order chi connectivity index (χ1) is 9.65. The van der Waals surface area contributed by atoms with Crippen LogP contribution in [0.15, 0.2) is 54.6 Å². The number of nitrogen functional groups attached to an aromatic ring is 1. The summed E-state index contributed by atoms with van der Waals surface area (Å²) in [5.74, 6) is -0.160. The largest absolute Gasteiger partial charge is 0.399 e. The maximum Gasteiger partial charge on any atom is 0.238 e. The Balaban J connectivity index is 1.84. The van der Waals surface area contributed by atoms with Crippen molar-refractivity contribution in [2.24, 2.45) is 0 Å². The van der Waals surface area contributed by atoms with Crippen LogP contribution in [0.2, 0.25) is 0 Å². The third-order valence-corrected chi connectivity index (χ3v) is 3.34. The van der Waals surface area contributed by atoms with E-state index in [1.807, 2.05) is 42.5 Å². The fourth-order valence-corrected chi connectivity index (χ4v) is 2.10. The molecule has 0 heterocycles. The van der Waals surface area contributed by atoms with Crippen LogP contribution in [0.3, 0.4) is 0 Å². The molecule has 20 heavy (non-hydrogen) atoms. The molecule has 0 aliphatic heterocycles. The average molecular weight is 289 g/mol. The topological polar surface area (TPSA) is 55.1 Å². The second-order valence-corrected chi connectivity index (χ2v) is 5.14. The number of halogens is 1. The molecule has 1 unspecified atom stereocenters. The predicted molar refractivity (Wildman–Crippen MR) is 82.5 cm³/mol. The molecule has 0 aliphatic carbocycles. The highest BCUT2D eigenvalue weighted by atomic mass is 35.5. The molecule has 4 heteroatoms. The monoisotopic (exact) mass is 288 g/mol. The minimum Gasteiger partial charge on any atom is -0.399 e. The Bertz CT molecular complexity index is 554. The van der Waals surface area contributed by atoms with Crippen LogP contribution in [0.4, 0.5) is 5.69 Å². The Morgan fingerprint density at radius 2 is 1.70 bits per heavy atom. The van der Waals surface area contributed by atoms with Crippen LogP contribution in [0.5, 0.6) is 0 Å². The summed E-state index contributed by atoms with van der Waals surface area (Å²) < 4.78 is 0. The highest BCUT2D eigenvalue weighted by Gasteiger charge is 2.15. The summed E-state index contributed by atoms with van der Waals surface area (Å²) in [4.78, 5) is 11.9.